The van der Waals surface area contributed by atoms with Gasteiger partial charge < -0.3 is 14.2 Å². The van der Waals surface area contributed by atoms with Crippen molar-refractivity contribution in [3.63, 3.8) is 0 Å². The number of carbonyl (C=O) groups is 3. The molecule has 0 saturated carbocycles. The van der Waals surface area contributed by atoms with Crippen molar-refractivity contribution in [2.75, 3.05) is 13.2 Å². The van der Waals surface area contributed by atoms with E-state index in [0.717, 1.165) is 77.0 Å². The van der Waals surface area contributed by atoms with E-state index in [1.165, 1.54) is 315 Å². The Morgan fingerprint density at radius 2 is 0.446 bits per heavy atom. The van der Waals surface area contributed by atoms with Crippen LogP contribution in [0.15, 0.2) is 24.3 Å². The van der Waals surface area contributed by atoms with Crippen LogP contribution in [0.3, 0.4) is 0 Å². The molecule has 0 radical (unpaired) electrons. The third-order valence-electron chi connectivity index (χ3n) is 17.5. The zero-order chi connectivity index (χ0) is 59.9. The quantitative estimate of drug-likeness (QED) is 0.0261. The highest BCUT2D eigenvalue weighted by atomic mass is 16.6. The summed E-state index contributed by atoms with van der Waals surface area (Å²) in [5.74, 6) is -0.851. The highest BCUT2D eigenvalue weighted by molar-refractivity contribution is 5.71. The average Bonchev–Trinajstić information content (AvgIpc) is 3.50. The number of carbonyl (C=O) groups excluding carboxylic acids is 3. The van der Waals surface area contributed by atoms with Crippen molar-refractivity contribution in [1.82, 2.24) is 0 Å². The van der Waals surface area contributed by atoms with Crippen molar-refractivity contribution in [1.29, 1.82) is 0 Å². The van der Waals surface area contributed by atoms with Gasteiger partial charge in [0.2, 0.25) is 0 Å². The van der Waals surface area contributed by atoms with Crippen LogP contribution in [0.4, 0.5) is 0 Å². The van der Waals surface area contributed by atoms with E-state index in [2.05, 4.69) is 45.1 Å². The highest BCUT2D eigenvalue weighted by Gasteiger charge is 2.20. The fraction of sp³-hybridized carbons (Fsp3) is 0.909. The Labute approximate surface area is 519 Å². The molecule has 0 aromatic carbocycles. The van der Waals surface area contributed by atoms with Crippen LogP contribution in [-0.2, 0) is 28.6 Å². The predicted octanol–water partition coefficient (Wildman–Crippen LogP) is 26.1. The predicted molar refractivity (Wildman–Crippen MR) is 363 cm³/mol. The summed E-state index contributed by atoms with van der Waals surface area (Å²) >= 11 is 0. The first kappa shape index (κ1) is 80.9. The Morgan fingerprint density at radius 3 is 0.699 bits per heavy atom. The number of unbranched alkanes of at least 4 members (excludes halogenated alkanes) is 56. The Morgan fingerprint density at radius 1 is 0.241 bits per heavy atom. The summed E-state index contributed by atoms with van der Waals surface area (Å²) in [6.45, 7) is 6.68. The number of esters is 3. The molecule has 1 unspecified atom stereocenters. The van der Waals surface area contributed by atoms with Crippen molar-refractivity contribution < 1.29 is 28.6 Å². The van der Waals surface area contributed by atoms with Gasteiger partial charge in [0, 0.05) is 19.3 Å². The van der Waals surface area contributed by atoms with Gasteiger partial charge >= 0.3 is 17.9 Å². The molecule has 83 heavy (non-hydrogen) atoms. The molecule has 6 nitrogen and oxygen atoms in total. The summed E-state index contributed by atoms with van der Waals surface area (Å²) in [6.07, 6.45) is 89.6. The van der Waals surface area contributed by atoms with Crippen molar-refractivity contribution in [2.45, 2.75) is 438 Å². The second-order valence-electron chi connectivity index (χ2n) is 25.9. The number of allylic oxidation sites excluding steroid dienone is 4. The van der Waals surface area contributed by atoms with Crippen LogP contribution in [0.2, 0.25) is 0 Å². The average molecular weight is 1170 g/mol. The summed E-state index contributed by atoms with van der Waals surface area (Å²) in [7, 11) is 0. The maximum Gasteiger partial charge on any atom is 0.306 e. The van der Waals surface area contributed by atoms with Gasteiger partial charge in [0.25, 0.3) is 0 Å². The molecule has 0 amide bonds. The van der Waals surface area contributed by atoms with Gasteiger partial charge in [0.1, 0.15) is 13.2 Å². The van der Waals surface area contributed by atoms with Crippen LogP contribution in [-0.4, -0.2) is 37.2 Å². The van der Waals surface area contributed by atoms with E-state index in [1.54, 1.807) is 0 Å². The van der Waals surface area contributed by atoms with Crippen LogP contribution < -0.4 is 0 Å². The minimum absolute atomic E-state index is 0.0693. The molecule has 1 atom stereocenters. The summed E-state index contributed by atoms with van der Waals surface area (Å²) in [6, 6.07) is 0. The molecule has 0 bridgehead atoms. The minimum Gasteiger partial charge on any atom is -0.462 e. The first-order chi connectivity index (χ1) is 41.0. The van der Waals surface area contributed by atoms with E-state index in [4.69, 9.17) is 14.2 Å². The van der Waals surface area contributed by atoms with Crippen molar-refractivity contribution in [3.05, 3.63) is 24.3 Å². The van der Waals surface area contributed by atoms with Gasteiger partial charge in [0.05, 0.1) is 0 Å². The first-order valence-electron chi connectivity index (χ1n) is 37.8. The molecule has 0 aromatic rings. The molecular weight excluding hydrogens is 1020 g/mol. The van der Waals surface area contributed by atoms with Crippen LogP contribution in [0.1, 0.15) is 432 Å². The molecule has 0 heterocycles. The fourth-order valence-corrected chi connectivity index (χ4v) is 11.8. The zero-order valence-corrected chi connectivity index (χ0v) is 56.5. The summed E-state index contributed by atoms with van der Waals surface area (Å²) in [5, 5.41) is 0. The van der Waals surface area contributed by atoms with Crippen LogP contribution >= 0.6 is 0 Å². The smallest absolute Gasteiger partial charge is 0.306 e. The second kappa shape index (κ2) is 72.4. The third-order valence-corrected chi connectivity index (χ3v) is 17.5. The molecular formula is C77H146O6. The van der Waals surface area contributed by atoms with E-state index in [0.29, 0.717) is 19.3 Å². The van der Waals surface area contributed by atoms with E-state index in [1.807, 2.05) is 0 Å². The van der Waals surface area contributed by atoms with Gasteiger partial charge in [-0.2, -0.15) is 0 Å². The first-order valence-corrected chi connectivity index (χ1v) is 37.8. The fourth-order valence-electron chi connectivity index (χ4n) is 11.8. The molecule has 0 aliphatic rings. The SMILES string of the molecule is CCCC/C=C\C/C=C\CCCCCCCC(=O)OCC(COC(=O)CCCCCCCCCCCCCCCCCCCCCCCCCCCCCCCCCCCC)OC(=O)CCCCCCCCCCCCCCCCCCC. The van der Waals surface area contributed by atoms with Gasteiger partial charge in [-0.1, -0.05) is 392 Å². The lowest BCUT2D eigenvalue weighted by Gasteiger charge is -2.18. The van der Waals surface area contributed by atoms with E-state index < -0.39 is 6.10 Å². The van der Waals surface area contributed by atoms with Crippen molar-refractivity contribution in [3.8, 4) is 0 Å². The lowest BCUT2D eigenvalue weighted by molar-refractivity contribution is -0.167. The molecule has 0 aliphatic carbocycles. The Balaban J connectivity index is 4.08. The van der Waals surface area contributed by atoms with Crippen molar-refractivity contribution >= 4 is 17.9 Å². The van der Waals surface area contributed by atoms with Crippen LogP contribution in [0.5, 0.6) is 0 Å². The monoisotopic (exact) mass is 1170 g/mol. The summed E-state index contributed by atoms with van der Waals surface area (Å²) in [4.78, 5) is 38.4. The standard InChI is InChI=1S/C77H146O6/c1-4-7-10-13-16-19-22-25-28-30-31-32-33-34-35-36-37-38-39-40-41-42-43-44-45-46-48-49-52-55-58-61-64-67-70-76(79)82-73-74(72-81-75(78)69-66-63-60-57-54-51-27-24-21-18-15-12-9-6-3)83-77(80)71-68-65-62-59-56-53-50-47-29-26-23-20-17-14-11-8-5-2/h15,18,24,27,74H,4-14,16-17,19-23,25-26,28-73H2,1-3H3/b18-15-,27-24-. The topological polar surface area (TPSA) is 78.9 Å². The third kappa shape index (κ3) is 70.5. The molecule has 0 N–H and O–H groups in total. The Hall–Kier alpha value is -2.11. The molecule has 0 rings (SSSR count). The van der Waals surface area contributed by atoms with Gasteiger partial charge in [-0.15, -0.1) is 0 Å². The van der Waals surface area contributed by atoms with Gasteiger partial charge in [0.15, 0.2) is 6.10 Å². The van der Waals surface area contributed by atoms with Crippen LogP contribution in [0, 0.1) is 0 Å². The lowest BCUT2D eigenvalue weighted by atomic mass is 10.0. The van der Waals surface area contributed by atoms with Gasteiger partial charge in [-0.05, 0) is 44.9 Å². The number of hydrogen-bond donors (Lipinski definition) is 0. The Bertz CT molecular complexity index is 1340. The number of ether oxygens (including phenoxy) is 3. The maximum atomic E-state index is 12.9. The van der Waals surface area contributed by atoms with Gasteiger partial charge in [-0.25, -0.2) is 0 Å². The largest absolute Gasteiger partial charge is 0.462 e. The summed E-state index contributed by atoms with van der Waals surface area (Å²) < 4.78 is 17.0. The lowest BCUT2D eigenvalue weighted by Crippen LogP contribution is -2.30. The molecule has 0 saturated heterocycles. The van der Waals surface area contributed by atoms with Crippen LogP contribution in [0.25, 0.3) is 0 Å². The molecule has 6 heteroatoms. The normalized spacial score (nSPS) is 12.1. The summed E-state index contributed by atoms with van der Waals surface area (Å²) in [5.41, 5.74) is 0. The molecule has 0 spiro atoms. The minimum atomic E-state index is -0.774. The maximum absolute atomic E-state index is 12.9. The molecule has 490 valence electrons. The Kier molecular flexibility index (Phi) is 70.5. The number of rotatable bonds is 71. The van der Waals surface area contributed by atoms with Gasteiger partial charge in [-0.3, -0.25) is 14.4 Å². The van der Waals surface area contributed by atoms with E-state index in [-0.39, 0.29) is 31.1 Å². The molecule has 0 fully saturated rings. The second-order valence-corrected chi connectivity index (χ2v) is 25.9. The van der Waals surface area contributed by atoms with E-state index in [9.17, 15) is 14.4 Å². The molecule has 0 aromatic heterocycles. The van der Waals surface area contributed by atoms with Crippen molar-refractivity contribution in [2.24, 2.45) is 0 Å². The molecule has 0 aliphatic heterocycles. The number of hydrogen-bond acceptors (Lipinski definition) is 6. The zero-order valence-electron chi connectivity index (χ0n) is 56.5. The van der Waals surface area contributed by atoms with E-state index >= 15 is 0 Å². The highest BCUT2D eigenvalue weighted by Crippen LogP contribution is 2.20.